The molecule has 0 spiro atoms. The summed E-state index contributed by atoms with van der Waals surface area (Å²) in [6, 6.07) is 8.95. The Morgan fingerprint density at radius 3 is 2.25 bits per heavy atom. The summed E-state index contributed by atoms with van der Waals surface area (Å²) in [5.41, 5.74) is 2.24. The van der Waals surface area contributed by atoms with Gasteiger partial charge in [-0.25, -0.2) is 0 Å². The number of rotatable bonds is 4. The normalized spacial score (nSPS) is 20.0. The Balaban J connectivity index is 1.50. The molecule has 0 atom stereocenters. The average Bonchev–Trinajstić information content (AvgIpc) is 3.15. The average molecular weight is 327 g/mol. The van der Waals surface area contributed by atoms with Crippen LogP contribution in [0.2, 0.25) is 0 Å². The highest BCUT2D eigenvalue weighted by Crippen LogP contribution is 2.21. The Morgan fingerprint density at radius 1 is 1.04 bits per heavy atom. The number of amides is 1. The number of anilines is 1. The predicted molar refractivity (Wildman–Crippen MR) is 100 cm³/mol. The Morgan fingerprint density at radius 2 is 1.67 bits per heavy atom. The molecule has 130 valence electrons. The number of carbonyl (C=O) groups is 1. The molecule has 0 N–H and O–H groups in total. The van der Waals surface area contributed by atoms with Crippen LogP contribution in [0.5, 0.6) is 0 Å². The van der Waals surface area contributed by atoms with Crippen molar-refractivity contribution in [3.8, 4) is 0 Å². The quantitative estimate of drug-likeness (QED) is 0.796. The van der Waals surface area contributed by atoms with Crippen molar-refractivity contribution in [1.82, 2.24) is 9.80 Å². The summed E-state index contributed by atoms with van der Waals surface area (Å²) in [4.78, 5) is 19.1. The van der Waals surface area contributed by atoms with Gasteiger partial charge >= 0.3 is 0 Å². The molecule has 1 amide bonds. The van der Waals surface area contributed by atoms with E-state index in [1.807, 2.05) is 25.1 Å². The first kappa shape index (κ1) is 17.0. The maximum absolute atomic E-state index is 12.4. The summed E-state index contributed by atoms with van der Waals surface area (Å²) in [5.74, 6) is 0.145. The number of nitrogens with zero attached hydrogens (tertiary/aromatic N) is 3. The molecule has 1 aromatic carbocycles. The predicted octanol–water partition coefficient (Wildman–Crippen LogP) is 2.85. The van der Waals surface area contributed by atoms with Gasteiger partial charge in [-0.3, -0.25) is 4.79 Å². The van der Waals surface area contributed by atoms with Crippen LogP contribution in [0.15, 0.2) is 30.3 Å². The van der Waals surface area contributed by atoms with E-state index in [4.69, 9.17) is 0 Å². The van der Waals surface area contributed by atoms with Crippen molar-refractivity contribution in [2.45, 2.75) is 31.7 Å². The summed E-state index contributed by atoms with van der Waals surface area (Å²) in [6.45, 7) is 4.29. The van der Waals surface area contributed by atoms with Gasteiger partial charge in [-0.2, -0.15) is 0 Å². The molecule has 0 saturated carbocycles. The number of hydrogen-bond donors (Lipinski definition) is 0. The van der Waals surface area contributed by atoms with Crippen molar-refractivity contribution in [2.75, 3.05) is 45.2 Å². The monoisotopic (exact) mass is 327 g/mol. The highest BCUT2D eigenvalue weighted by atomic mass is 16.2. The van der Waals surface area contributed by atoms with Crippen molar-refractivity contribution >= 4 is 17.7 Å². The lowest BCUT2D eigenvalue weighted by atomic mass is 10.0. The fraction of sp³-hybridized carbons (Fsp3) is 0.550. The minimum absolute atomic E-state index is 0.145. The van der Waals surface area contributed by atoms with Crippen LogP contribution in [0.25, 0.3) is 6.08 Å². The van der Waals surface area contributed by atoms with Crippen LogP contribution >= 0.6 is 0 Å². The second-order valence-electron chi connectivity index (χ2n) is 7.12. The summed E-state index contributed by atoms with van der Waals surface area (Å²) < 4.78 is 0. The first-order valence-corrected chi connectivity index (χ1v) is 9.12. The van der Waals surface area contributed by atoms with Gasteiger partial charge in [0.2, 0.25) is 5.91 Å². The van der Waals surface area contributed by atoms with Crippen LogP contribution in [-0.4, -0.2) is 62.0 Å². The zero-order valence-electron chi connectivity index (χ0n) is 14.9. The van der Waals surface area contributed by atoms with Gasteiger partial charge in [0.15, 0.2) is 0 Å². The van der Waals surface area contributed by atoms with Crippen LogP contribution in [0, 0.1) is 0 Å². The smallest absolute Gasteiger partial charge is 0.246 e. The second kappa shape index (κ2) is 7.84. The maximum atomic E-state index is 12.4. The van der Waals surface area contributed by atoms with Crippen LogP contribution in [0.1, 0.15) is 31.2 Å². The van der Waals surface area contributed by atoms with Crippen molar-refractivity contribution < 1.29 is 4.79 Å². The van der Waals surface area contributed by atoms with E-state index in [1.54, 1.807) is 6.08 Å². The summed E-state index contributed by atoms with van der Waals surface area (Å²) in [5, 5.41) is 0. The lowest BCUT2D eigenvalue weighted by Crippen LogP contribution is -2.45. The van der Waals surface area contributed by atoms with E-state index in [0.29, 0.717) is 6.04 Å². The molecule has 0 aromatic heterocycles. The van der Waals surface area contributed by atoms with E-state index in [9.17, 15) is 4.79 Å². The minimum atomic E-state index is 0.145. The number of piperidine rings is 1. The summed E-state index contributed by atoms with van der Waals surface area (Å²) in [6.07, 6.45) is 8.58. The third-order valence-corrected chi connectivity index (χ3v) is 5.26. The number of benzene rings is 1. The standard InChI is InChI=1S/C20H29N3O/c1-21(2)18-8-5-17(6-9-18)7-10-20(24)23-15-11-19(12-16-23)22-13-3-4-14-22/h5-10,19H,3-4,11-16H2,1-2H3/b10-7-. The molecule has 0 bridgehead atoms. The largest absolute Gasteiger partial charge is 0.378 e. The number of hydrogen-bond acceptors (Lipinski definition) is 3. The first-order valence-electron chi connectivity index (χ1n) is 9.12. The van der Waals surface area contributed by atoms with Gasteiger partial charge in [0, 0.05) is 45.0 Å². The van der Waals surface area contributed by atoms with Crippen LogP contribution < -0.4 is 4.90 Å². The topological polar surface area (TPSA) is 26.8 Å². The lowest BCUT2D eigenvalue weighted by molar-refractivity contribution is -0.127. The van der Waals surface area contributed by atoms with E-state index in [2.05, 4.69) is 34.1 Å². The van der Waals surface area contributed by atoms with Crippen LogP contribution in [0.4, 0.5) is 5.69 Å². The van der Waals surface area contributed by atoms with E-state index in [-0.39, 0.29) is 5.91 Å². The Hall–Kier alpha value is -1.81. The van der Waals surface area contributed by atoms with Gasteiger partial charge in [0.25, 0.3) is 0 Å². The molecule has 0 radical (unpaired) electrons. The molecule has 0 unspecified atom stereocenters. The molecule has 2 fully saturated rings. The molecule has 2 aliphatic rings. The van der Waals surface area contributed by atoms with Gasteiger partial charge in [-0.15, -0.1) is 0 Å². The Labute approximate surface area is 145 Å². The lowest BCUT2D eigenvalue weighted by Gasteiger charge is -2.36. The minimum Gasteiger partial charge on any atom is -0.378 e. The van der Waals surface area contributed by atoms with Crippen molar-refractivity contribution in [3.63, 3.8) is 0 Å². The molecule has 3 rings (SSSR count). The molecule has 2 heterocycles. The fourth-order valence-electron chi connectivity index (χ4n) is 3.71. The van der Waals surface area contributed by atoms with Gasteiger partial charge in [0.05, 0.1) is 0 Å². The van der Waals surface area contributed by atoms with E-state index in [1.165, 1.54) is 31.6 Å². The summed E-state index contributed by atoms with van der Waals surface area (Å²) >= 11 is 0. The molecule has 1 aromatic rings. The fourth-order valence-corrected chi connectivity index (χ4v) is 3.71. The second-order valence-corrected chi connectivity index (χ2v) is 7.12. The molecule has 0 aliphatic carbocycles. The van der Waals surface area contributed by atoms with E-state index < -0.39 is 0 Å². The zero-order chi connectivity index (χ0) is 16.9. The van der Waals surface area contributed by atoms with Gasteiger partial charge in [-0.1, -0.05) is 12.1 Å². The Kier molecular flexibility index (Phi) is 5.56. The van der Waals surface area contributed by atoms with E-state index in [0.717, 1.165) is 31.5 Å². The molecule has 24 heavy (non-hydrogen) atoms. The zero-order valence-corrected chi connectivity index (χ0v) is 14.9. The van der Waals surface area contributed by atoms with Gasteiger partial charge < -0.3 is 14.7 Å². The third kappa shape index (κ3) is 4.18. The molecular weight excluding hydrogens is 298 g/mol. The first-order chi connectivity index (χ1) is 11.6. The van der Waals surface area contributed by atoms with Crippen molar-refractivity contribution in [2.24, 2.45) is 0 Å². The molecule has 4 heteroatoms. The maximum Gasteiger partial charge on any atom is 0.246 e. The third-order valence-electron chi connectivity index (χ3n) is 5.26. The van der Waals surface area contributed by atoms with Gasteiger partial charge in [-0.05, 0) is 62.5 Å². The molecule has 2 aliphatic heterocycles. The van der Waals surface area contributed by atoms with Crippen LogP contribution in [0.3, 0.4) is 0 Å². The SMILES string of the molecule is CN(C)c1ccc(/C=C\C(=O)N2CCC(N3CCCC3)CC2)cc1. The van der Waals surface area contributed by atoms with Gasteiger partial charge in [0.1, 0.15) is 0 Å². The van der Waals surface area contributed by atoms with E-state index >= 15 is 0 Å². The molecular formula is C20H29N3O. The highest BCUT2D eigenvalue weighted by molar-refractivity contribution is 5.91. The number of carbonyl (C=O) groups excluding carboxylic acids is 1. The number of likely N-dealkylation sites (tertiary alicyclic amines) is 2. The Bertz CT molecular complexity index is 565. The van der Waals surface area contributed by atoms with Crippen molar-refractivity contribution in [1.29, 1.82) is 0 Å². The van der Waals surface area contributed by atoms with Crippen LogP contribution in [-0.2, 0) is 4.79 Å². The molecule has 4 nitrogen and oxygen atoms in total. The van der Waals surface area contributed by atoms with Crippen molar-refractivity contribution in [3.05, 3.63) is 35.9 Å². The summed E-state index contributed by atoms with van der Waals surface area (Å²) in [7, 11) is 4.06. The molecule has 2 saturated heterocycles. The highest BCUT2D eigenvalue weighted by Gasteiger charge is 2.27.